The maximum Gasteiger partial charge on any atom is 0.445 e. The summed E-state index contributed by atoms with van der Waals surface area (Å²) in [5, 5.41) is 2.74. The van der Waals surface area contributed by atoms with Gasteiger partial charge in [-0.1, -0.05) is 0 Å². The summed E-state index contributed by atoms with van der Waals surface area (Å²) in [5.74, 6) is -0.350. The van der Waals surface area contributed by atoms with E-state index in [0.29, 0.717) is 22.8 Å². The maximum atomic E-state index is 12.6. The first-order valence-electron chi connectivity index (χ1n) is 7.84. The molecule has 1 aromatic carbocycles. The van der Waals surface area contributed by atoms with E-state index >= 15 is 0 Å². The van der Waals surface area contributed by atoms with Crippen molar-refractivity contribution in [2.75, 3.05) is 20.9 Å². The van der Waals surface area contributed by atoms with Crippen molar-refractivity contribution in [1.29, 1.82) is 0 Å². The minimum absolute atomic E-state index is 0.115. The summed E-state index contributed by atoms with van der Waals surface area (Å²) >= 11 is 0. The molecular formula is C17H15N4O5+. The predicted octanol–water partition coefficient (Wildman–Crippen LogP) is 0.362. The second-order valence-corrected chi connectivity index (χ2v) is 5.95. The van der Waals surface area contributed by atoms with E-state index in [1.165, 1.54) is 24.9 Å². The van der Waals surface area contributed by atoms with Crippen LogP contribution < -0.4 is 14.8 Å². The summed E-state index contributed by atoms with van der Waals surface area (Å²) in [5.41, 5.74) is 0.717. The Bertz CT molecular complexity index is 946. The van der Waals surface area contributed by atoms with Crippen LogP contribution in [0.2, 0.25) is 0 Å². The summed E-state index contributed by atoms with van der Waals surface area (Å²) < 4.78 is 11.8. The number of hydrogen-bond acceptors (Lipinski definition) is 6. The molecule has 132 valence electrons. The van der Waals surface area contributed by atoms with Gasteiger partial charge in [0.1, 0.15) is 6.21 Å². The fraction of sp³-hybridized carbons (Fsp3) is 0.235. The fourth-order valence-electron chi connectivity index (χ4n) is 2.99. The van der Waals surface area contributed by atoms with Crippen LogP contribution in [-0.4, -0.2) is 60.3 Å². The van der Waals surface area contributed by atoms with Crippen molar-refractivity contribution in [2.45, 2.75) is 0 Å². The number of amidine groups is 1. The van der Waals surface area contributed by atoms with Crippen molar-refractivity contribution in [3.63, 3.8) is 0 Å². The van der Waals surface area contributed by atoms with Crippen LogP contribution in [0.15, 0.2) is 35.0 Å². The summed E-state index contributed by atoms with van der Waals surface area (Å²) in [6, 6.07) is 4.36. The first-order chi connectivity index (χ1) is 12.5. The number of carbonyl (C=O) groups is 3. The minimum Gasteiger partial charge on any atom is -0.454 e. The van der Waals surface area contributed by atoms with E-state index in [1.807, 2.05) is 0 Å². The van der Waals surface area contributed by atoms with E-state index in [1.54, 1.807) is 24.3 Å². The van der Waals surface area contributed by atoms with Crippen LogP contribution in [0.5, 0.6) is 11.5 Å². The SMILES string of the molecule is CN1C(=O)C2C(NC(=O)c3ccc4c(c3)OCO4)=CC=NC2=[N+](C)C1=O. The van der Waals surface area contributed by atoms with E-state index in [0.717, 1.165) is 4.90 Å². The molecule has 0 saturated carbocycles. The van der Waals surface area contributed by atoms with Gasteiger partial charge in [0.15, 0.2) is 17.4 Å². The molecule has 0 saturated heterocycles. The molecule has 1 atom stereocenters. The first-order valence-corrected chi connectivity index (χ1v) is 7.84. The number of benzene rings is 1. The Kier molecular flexibility index (Phi) is 3.57. The summed E-state index contributed by atoms with van der Waals surface area (Å²) in [6.07, 6.45) is 3.00. The molecule has 0 bridgehead atoms. The molecule has 0 radical (unpaired) electrons. The first kappa shape index (κ1) is 16.0. The zero-order valence-electron chi connectivity index (χ0n) is 14.1. The number of imide groups is 1. The number of allylic oxidation sites excluding steroid dienone is 1. The van der Waals surface area contributed by atoms with Crippen LogP contribution in [0.1, 0.15) is 10.4 Å². The second-order valence-electron chi connectivity index (χ2n) is 5.95. The number of nitrogens with zero attached hydrogens (tertiary/aromatic N) is 3. The Morgan fingerprint density at radius 3 is 2.88 bits per heavy atom. The van der Waals surface area contributed by atoms with Crippen molar-refractivity contribution >= 4 is 29.9 Å². The summed E-state index contributed by atoms with van der Waals surface area (Å²) in [4.78, 5) is 42.4. The highest BCUT2D eigenvalue weighted by Crippen LogP contribution is 2.32. The van der Waals surface area contributed by atoms with Gasteiger partial charge >= 0.3 is 11.9 Å². The number of dihydropyridines is 1. The van der Waals surface area contributed by atoms with E-state index in [4.69, 9.17) is 9.47 Å². The van der Waals surface area contributed by atoms with Gasteiger partial charge in [-0.2, -0.15) is 9.48 Å². The molecule has 26 heavy (non-hydrogen) atoms. The molecular weight excluding hydrogens is 340 g/mol. The average molecular weight is 355 g/mol. The van der Waals surface area contributed by atoms with Crippen molar-refractivity contribution in [3.05, 3.63) is 35.5 Å². The molecule has 4 amide bonds. The van der Waals surface area contributed by atoms with Crippen LogP contribution in [0.3, 0.4) is 0 Å². The van der Waals surface area contributed by atoms with E-state index < -0.39 is 23.8 Å². The number of fused-ring (bicyclic) bond motifs is 2. The van der Waals surface area contributed by atoms with Gasteiger partial charge in [0, 0.05) is 11.3 Å². The molecule has 3 heterocycles. The van der Waals surface area contributed by atoms with E-state index in [-0.39, 0.29) is 12.6 Å². The van der Waals surface area contributed by atoms with Gasteiger partial charge in [-0.15, -0.1) is 4.99 Å². The molecule has 1 unspecified atom stereocenters. The minimum atomic E-state index is -0.842. The molecule has 0 spiro atoms. The zero-order chi connectivity index (χ0) is 18.4. The van der Waals surface area contributed by atoms with Crippen molar-refractivity contribution in [1.82, 2.24) is 10.2 Å². The number of nitrogens with one attached hydrogen (secondary N) is 1. The Balaban J connectivity index is 1.63. The number of carbonyl (C=O) groups excluding carboxylic acids is 3. The molecule has 9 nitrogen and oxygen atoms in total. The van der Waals surface area contributed by atoms with Crippen molar-refractivity contribution in [3.8, 4) is 11.5 Å². The molecule has 9 heteroatoms. The van der Waals surface area contributed by atoms with Gasteiger partial charge in [-0.25, -0.2) is 4.79 Å². The molecule has 0 aliphatic carbocycles. The monoisotopic (exact) mass is 355 g/mol. The van der Waals surface area contributed by atoms with Crippen LogP contribution in [0.4, 0.5) is 4.79 Å². The second kappa shape index (κ2) is 5.80. The zero-order valence-corrected chi connectivity index (χ0v) is 14.1. The molecule has 0 aromatic heterocycles. The predicted molar refractivity (Wildman–Crippen MR) is 89.5 cm³/mol. The van der Waals surface area contributed by atoms with Crippen LogP contribution in [-0.2, 0) is 4.79 Å². The largest absolute Gasteiger partial charge is 0.454 e. The molecule has 1 N–H and O–H groups in total. The number of urea groups is 1. The van der Waals surface area contributed by atoms with Gasteiger partial charge in [0.2, 0.25) is 6.79 Å². The molecule has 1 aromatic rings. The third-order valence-electron chi connectivity index (χ3n) is 4.42. The summed E-state index contributed by atoms with van der Waals surface area (Å²) in [6.45, 7) is 0.115. The molecule has 0 fully saturated rings. The van der Waals surface area contributed by atoms with Crippen LogP contribution in [0, 0.1) is 5.92 Å². The van der Waals surface area contributed by atoms with Gasteiger partial charge in [-0.05, 0) is 24.3 Å². The standard InChI is InChI=1S/C17H14N4O5/c1-20-14-13(16(23)21(2)17(20)24)10(5-6-18-14)19-15(22)9-3-4-11-12(7-9)26-8-25-11/h3-7,13H,8H2,1-2H3/p+1. The highest BCUT2D eigenvalue weighted by atomic mass is 16.7. The molecule has 4 rings (SSSR count). The average Bonchev–Trinajstić information content (AvgIpc) is 3.12. The Morgan fingerprint density at radius 2 is 2.08 bits per heavy atom. The van der Waals surface area contributed by atoms with Crippen LogP contribution in [0.25, 0.3) is 0 Å². The van der Waals surface area contributed by atoms with Gasteiger partial charge in [0.25, 0.3) is 11.7 Å². The highest BCUT2D eigenvalue weighted by Gasteiger charge is 2.47. The normalized spacial score (nSPS) is 20.9. The Morgan fingerprint density at radius 1 is 1.31 bits per heavy atom. The van der Waals surface area contributed by atoms with E-state index in [9.17, 15) is 14.4 Å². The Hall–Kier alpha value is -3.49. The number of amides is 4. The molecule has 3 aliphatic heterocycles. The molecule has 3 aliphatic rings. The fourth-order valence-corrected chi connectivity index (χ4v) is 2.99. The van der Waals surface area contributed by atoms with Crippen molar-refractivity contribution < 1.29 is 28.4 Å². The third kappa shape index (κ3) is 2.36. The van der Waals surface area contributed by atoms with Crippen molar-refractivity contribution in [2.24, 2.45) is 10.9 Å². The van der Waals surface area contributed by atoms with Gasteiger partial charge < -0.3 is 14.8 Å². The lowest BCUT2D eigenvalue weighted by Gasteiger charge is -2.26. The van der Waals surface area contributed by atoms with E-state index in [2.05, 4.69) is 10.3 Å². The summed E-state index contributed by atoms with van der Waals surface area (Å²) in [7, 11) is 2.93. The van der Waals surface area contributed by atoms with Crippen LogP contribution >= 0.6 is 0 Å². The smallest absolute Gasteiger partial charge is 0.445 e. The van der Waals surface area contributed by atoms with Gasteiger partial charge in [-0.3, -0.25) is 9.59 Å². The maximum absolute atomic E-state index is 12.6. The number of rotatable bonds is 2. The lowest BCUT2D eigenvalue weighted by atomic mass is 9.97. The third-order valence-corrected chi connectivity index (χ3v) is 4.42. The number of aliphatic imine (C=N–C) groups is 1. The lowest BCUT2D eigenvalue weighted by molar-refractivity contribution is -0.407. The topological polar surface area (TPSA) is 100 Å². The lowest BCUT2D eigenvalue weighted by Crippen LogP contribution is -2.54. The number of ether oxygens (including phenoxy) is 2. The number of hydrogen-bond donors (Lipinski definition) is 1. The Labute approximate surface area is 148 Å². The van der Waals surface area contributed by atoms with Gasteiger partial charge in [0.05, 0.1) is 14.1 Å². The highest BCUT2D eigenvalue weighted by molar-refractivity contribution is 6.16. The quantitative estimate of drug-likeness (QED) is 0.772.